The molecule has 0 bridgehead atoms. The summed E-state index contributed by atoms with van der Waals surface area (Å²) >= 11 is 0. The van der Waals surface area contributed by atoms with E-state index in [0.29, 0.717) is 19.3 Å². The smallest absolute Gasteiger partial charge is 0.326 e. The van der Waals surface area contributed by atoms with Crippen LogP contribution in [0.5, 0.6) is 0 Å². The molecule has 0 aromatic rings. The maximum atomic E-state index is 12.0. The van der Waals surface area contributed by atoms with E-state index in [-0.39, 0.29) is 5.92 Å². The third kappa shape index (κ3) is 6.08. The molecule has 0 aromatic heterocycles. The summed E-state index contributed by atoms with van der Waals surface area (Å²) in [6, 6.07) is -2.57. The number of nitrogens with one attached hydrogen (secondary N) is 2. The van der Waals surface area contributed by atoms with Crippen LogP contribution in [0.25, 0.3) is 0 Å². The molecule has 0 spiro atoms. The number of carboxylic acids is 1. The van der Waals surface area contributed by atoms with E-state index in [0.717, 1.165) is 0 Å². The van der Waals surface area contributed by atoms with E-state index in [1.54, 1.807) is 6.92 Å². The molecule has 0 saturated heterocycles. The SMILES string of the molecule is CCC[C@H](NC(=O)C(NC(N)=O)C(C)CC)C(=O)O. The summed E-state index contributed by atoms with van der Waals surface area (Å²) in [5, 5.41) is 13.8. The molecule has 0 aromatic carbocycles. The summed E-state index contributed by atoms with van der Waals surface area (Å²) in [5.41, 5.74) is 5.03. The summed E-state index contributed by atoms with van der Waals surface area (Å²) < 4.78 is 0. The Labute approximate surface area is 112 Å². The number of urea groups is 1. The first-order chi connectivity index (χ1) is 8.83. The Morgan fingerprint density at radius 2 is 1.79 bits per heavy atom. The molecule has 7 nitrogen and oxygen atoms in total. The Morgan fingerprint density at radius 1 is 1.21 bits per heavy atom. The van der Waals surface area contributed by atoms with Crippen LogP contribution in [0.4, 0.5) is 4.79 Å². The fourth-order valence-corrected chi connectivity index (χ4v) is 1.66. The van der Waals surface area contributed by atoms with E-state index in [2.05, 4.69) is 10.6 Å². The number of hydrogen-bond donors (Lipinski definition) is 4. The second kappa shape index (κ2) is 8.34. The standard InChI is InChI=1S/C12H23N3O4/c1-4-6-8(11(17)18)14-10(16)9(7(3)5-2)15-12(13)19/h7-9H,4-6H2,1-3H3,(H,14,16)(H,17,18)(H3,13,15,19)/t7?,8-,9?/m0/s1. The summed E-state index contributed by atoms with van der Waals surface area (Å²) in [7, 11) is 0. The zero-order valence-electron chi connectivity index (χ0n) is 11.6. The number of amides is 3. The summed E-state index contributed by atoms with van der Waals surface area (Å²) in [5.74, 6) is -1.74. The molecule has 0 aliphatic carbocycles. The largest absolute Gasteiger partial charge is 0.480 e. The number of hydrogen-bond acceptors (Lipinski definition) is 3. The molecule has 7 heteroatoms. The first-order valence-corrected chi connectivity index (χ1v) is 6.42. The van der Waals surface area contributed by atoms with Crippen molar-refractivity contribution in [3.8, 4) is 0 Å². The first-order valence-electron chi connectivity index (χ1n) is 6.42. The van der Waals surface area contributed by atoms with Gasteiger partial charge in [0.1, 0.15) is 12.1 Å². The molecular formula is C12H23N3O4. The van der Waals surface area contributed by atoms with Crippen molar-refractivity contribution < 1.29 is 19.5 Å². The molecule has 3 atom stereocenters. The molecule has 0 aliphatic rings. The van der Waals surface area contributed by atoms with Gasteiger partial charge >= 0.3 is 12.0 Å². The zero-order valence-corrected chi connectivity index (χ0v) is 11.6. The van der Waals surface area contributed by atoms with Gasteiger partial charge in [0.05, 0.1) is 0 Å². The van der Waals surface area contributed by atoms with Crippen LogP contribution in [0, 0.1) is 5.92 Å². The maximum absolute atomic E-state index is 12.0. The fourth-order valence-electron chi connectivity index (χ4n) is 1.66. The molecule has 19 heavy (non-hydrogen) atoms. The summed E-state index contributed by atoms with van der Waals surface area (Å²) in [6.07, 6.45) is 1.63. The second-order valence-electron chi connectivity index (χ2n) is 4.56. The number of aliphatic carboxylic acids is 1. The number of carboxylic acid groups (broad SMARTS) is 1. The lowest BCUT2D eigenvalue weighted by molar-refractivity contribution is -0.142. The average molecular weight is 273 g/mol. The van der Waals surface area contributed by atoms with Gasteiger partial charge in [0.15, 0.2) is 0 Å². The first kappa shape index (κ1) is 17.2. The molecule has 110 valence electrons. The van der Waals surface area contributed by atoms with Gasteiger partial charge in [-0.05, 0) is 12.3 Å². The van der Waals surface area contributed by atoms with Crippen molar-refractivity contribution in [3.05, 3.63) is 0 Å². The molecular weight excluding hydrogens is 250 g/mol. The van der Waals surface area contributed by atoms with Gasteiger partial charge in [0.25, 0.3) is 0 Å². The highest BCUT2D eigenvalue weighted by Gasteiger charge is 2.28. The minimum atomic E-state index is -1.09. The van der Waals surface area contributed by atoms with Crippen molar-refractivity contribution in [2.75, 3.05) is 0 Å². The molecule has 0 rings (SSSR count). The van der Waals surface area contributed by atoms with Crippen molar-refractivity contribution in [1.29, 1.82) is 0 Å². The predicted octanol–water partition coefficient (Wildman–Crippen LogP) is 0.439. The second-order valence-corrected chi connectivity index (χ2v) is 4.56. The zero-order chi connectivity index (χ0) is 15.0. The van der Waals surface area contributed by atoms with Crippen LogP contribution >= 0.6 is 0 Å². The molecule has 0 heterocycles. The Bertz CT molecular complexity index is 333. The number of rotatable bonds is 8. The molecule has 0 radical (unpaired) electrons. The van der Waals surface area contributed by atoms with Gasteiger partial charge < -0.3 is 21.5 Å². The molecule has 0 fully saturated rings. The van der Waals surface area contributed by atoms with E-state index >= 15 is 0 Å². The van der Waals surface area contributed by atoms with Crippen molar-refractivity contribution >= 4 is 17.9 Å². The molecule has 0 aliphatic heterocycles. The number of nitrogens with two attached hydrogens (primary N) is 1. The Balaban J connectivity index is 4.78. The van der Waals surface area contributed by atoms with Crippen molar-refractivity contribution in [1.82, 2.24) is 10.6 Å². The van der Waals surface area contributed by atoms with E-state index in [4.69, 9.17) is 10.8 Å². The van der Waals surface area contributed by atoms with Crippen LogP contribution < -0.4 is 16.4 Å². The van der Waals surface area contributed by atoms with Gasteiger partial charge in [-0.1, -0.05) is 33.6 Å². The molecule has 3 amide bonds. The lowest BCUT2D eigenvalue weighted by Gasteiger charge is -2.24. The van der Waals surface area contributed by atoms with E-state index in [9.17, 15) is 14.4 Å². The molecule has 0 saturated carbocycles. The monoisotopic (exact) mass is 273 g/mol. The van der Waals surface area contributed by atoms with Crippen LogP contribution in [-0.4, -0.2) is 35.1 Å². The van der Waals surface area contributed by atoms with Crippen LogP contribution in [0.15, 0.2) is 0 Å². The quantitative estimate of drug-likeness (QED) is 0.512. The number of carbonyl (C=O) groups is 3. The number of primary amides is 1. The van der Waals surface area contributed by atoms with Gasteiger partial charge in [-0.15, -0.1) is 0 Å². The van der Waals surface area contributed by atoms with E-state index in [1.165, 1.54) is 0 Å². The normalized spacial score (nSPS) is 15.1. The molecule has 2 unspecified atom stereocenters. The predicted molar refractivity (Wildman–Crippen MR) is 70.4 cm³/mol. The topological polar surface area (TPSA) is 122 Å². The van der Waals surface area contributed by atoms with Crippen LogP contribution in [-0.2, 0) is 9.59 Å². The fraction of sp³-hybridized carbons (Fsp3) is 0.750. The Kier molecular flexibility index (Phi) is 7.55. The maximum Gasteiger partial charge on any atom is 0.326 e. The van der Waals surface area contributed by atoms with E-state index < -0.39 is 30.0 Å². The summed E-state index contributed by atoms with van der Waals surface area (Å²) in [4.78, 5) is 33.9. The lowest BCUT2D eigenvalue weighted by atomic mass is 9.98. The number of carbonyl (C=O) groups excluding carboxylic acids is 2. The minimum absolute atomic E-state index is 0.136. The Hall–Kier alpha value is -1.79. The van der Waals surface area contributed by atoms with Gasteiger partial charge in [0.2, 0.25) is 5.91 Å². The van der Waals surface area contributed by atoms with Crippen molar-refractivity contribution in [3.63, 3.8) is 0 Å². The highest BCUT2D eigenvalue weighted by atomic mass is 16.4. The van der Waals surface area contributed by atoms with Gasteiger partial charge in [0, 0.05) is 0 Å². The average Bonchev–Trinajstić information content (AvgIpc) is 2.33. The van der Waals surface area contributed by atoms with Crippen molar-refractivity contribution in [2.24, 2.45) is 11.7 Å². The summed E-state index contributed by atoms with van der Waals surface area (Å²) in [6.45, 7) is 5.49. The van der Waals surface area contributed by atoms with Crippen molar-refractivity contribution in [2.45, 2.75) is 52.1 Å². The highest BCUT2D eigenvalue weighted by molar-refractivity contribution is 5.89. The van der Waals surface area contributed by atoms with E-state index in [1.807, 2.05) is 13.8 Å². The third-order valence-electron chi connectivity index (χ3n) is 2.99. The molecule has 5 N–H and O–H groups in total. The lowest BCUT2D eigenvalue weighted by Crippen LogP contribution is -2.55. The van der Waals surface area contributed by atoms with Crippen LogP contribution in [0.3, 0.4) is 0 Å². The minimum Gasteiger partial charge on any atom is -0.480 e. The van der Waals surface area contributed by atoms with Crippen LogP contribution in [0.2, 0.25) is 0 Å². The Morgan fingerprint density at radius 3 is 2.16 bits per heavy atom. The van der Waals surface area contributed by atoms with Crippen LogP contribution in [0.1, 0.15) is 40.0 Å². The van der Waals surface area contributed by atoms with Gasteiger partial charge in [-0.25, -0.2) is 9.59 Å². The van der Waals surface area contributed by atoms with Gasteiger partial charge in [-0.2, -0.15) is 0 Å². The highest BCUT2D eigenvalue weighted by Crippen LogP contribution is 2.09. The van der Waals surface area contributed by atoms with Gasteiger partial charge in [-0.3, -0.25) is 4.79 Å². The third-order valence-corrected chi connectivity index (χ3v) is 2.99.